The Kier molecular flexibility index (Phi) is 6.62. The summed E-state index contributed by atoms with van der Waals surface area (Å²) in [6.45, 7) is -0.916. The van der Waals surface area contributed by atoms with Gasteiger partial charge in [0.1, 0.15) is 0 Å². The average molecular weight is 459 g/mol. The van der Waals surface area contributed by atoms with Gasteiger partial charge in [-0.1, -0.05) is 0 Å². The van der Waals surface area contributed by atoms with E-state index in [0.717, 1.165) is 0 Å². The zero-order valence-corrected chi connectivity index (χ0v) is 19.5. The Morgan fingerprint density at radius 2 is 0.586 bits per heavy atom. The summed E-state index contributed by atoms with van der Waals surface area (Å²) < 4.78 is 0. The summed E-state index contributed by atoms with van der Waals surface area (Å²) in [5.74, 6) is 5.14. The van der Waals surface area contributed by atoms with Gasteiger partial charge in [0.05, 0.1) is 0 Å². The Hall–Kier alpha value is -1.77. The van der Waals surface area contributed by atoms with Crippen molar-refractivity contribution in [3.63, 3.8) is 0 Å². The Morgan fingerprint density at radius 1 is 0.379 bits per heavy atom. The molecule has 0 unspecified atom stereocenters. The molecule has 4 aromatic rings. The average Bonchev–Trinajstić information content (AvgIpc) is 2.77. The zero-order valence-electron chi connectivity index (χ0n) is 16.8. The second-order valence-corrected chi connectivity index (χ2v) is 22.2. The van der Waals surface area contributed by atoms with Crippen LogP contribution in [-0.2, 0) is 11.5 Å². The third-order valence-electron chi connectivity index (χ3n) is 4.56. The van der Waals surface area contributed by atoms with Crippen molar-refractivity contribution in [2.45, 2.75) is 11.8 Å². The molecule has 0 spiro atoms. The van der Waals surface area contributed by atoms with E-state index in [1.807, 2.05) is 0 Å². The molecule has 0 saturated heterocycles. The van der Waals surface area contributed by atoms with Crippen molar-refractivity contribution in [2.24, 2.45) is 0 Å². The molecule has 0 nitrogen and oxygen atoms in total. The molecule has 0 bridgehead atoms. The summed E-state index contributed by atoms with van der Waals surface area (Å²) in [4.78, 5) is 0. The molecule has 0 atom stereocenters. The fourth-order valence-corrected chi connectivity index (χ4v) is 22.4. The summed E-state index contributed by atoms with van der Waals surface area (Å²) in [6.07, 6.45) is 0. The second kappa shape index (κ2) is 9.36. The van der Waals surface area contributed by atoms with Gasteiger partial charge in [-0.15, -0.1) is 0 Å². The first-order chi connectivity index (χ1) is 14.2. The summed E-state index contributed by atoms with van der Waals surface area (Å²) in [7, 11) is 0. The van der Waals surface area contributed by atoms with Gasteiger partial charge in [-0.25, -0.2) is 0 Å². The van der Waals surface area contributed by atoms with Gasteiger partial charge in [-0.05, 0) is 0 Å². The van der Waals surface area contributed by atoms with E-state index in [-0.39, 0.29) is 0 Å². The van der Waals surface area contributed by atoms with Crippen molar-refractivity contribution in [3.8, 4) is 0 Å². The molecule has 29 heavy (non-hydrogen) atoms. The Balaban J connectivity index is 1.91. The maximum absolute atomic E-state index is 2.57. The van der Waals surface area contributed by atoms with E-state index in [0.29, 0.717) is 0 Å². The van der Waals surface area contributed by atoms with Crippen LogP contribution >= 0.6 is 13.4 Å². The van der Waals surface area contributed by atoms with Gasteiger partial charge in [-0.2, -0.15) is 0 Å². The van der Waals surface area contributed by atoms with Crippen LogP contribution in [0, 0.1) is 0 Å². The van der Waals surface area contributed by atoms with Gasteiger partial charge in [0, 0.05) is 0 Å². The topological polar surface area (TPSA) is 0 Å². The van der Waals surface area contributed by atoms with E-state index in [2.05, 4.69) is 133 Å². The first-order valence-electron chi connectivity index (χ1n) is 9.45. The third-order valence-corrected chi connectivity index (χ3v) is 21.5. The number of benzene rings is 4. The normalized spacial score (nSPS) is 12.3. The minimum atomic E-state index is -1.19. The number of rotatable bonds is 6. The molecule has 0 aromatic heterocycles. The van der Waals surface area contributed by atoms with Gasteiger partial charge in [0.15, 0.2) is 0 Å². The molecule has 150 valence electrons. The van der Waals surface area contributed by atoms with Crippen LogP contribution in [0.25, 0.3) is 0 Å². The Bertz CT molecular complexity index is 855. The molecule has 0 radical (unpaired) electrons. The van der Waals surface area contributed by atoms with Crippen LogP contribution in [0.2, 0.25) is 11.8 Å². The van der Waals surface area contributed by atoms with E-state index in [9.17, 15) is 0 Å². The van der Waals surface area contributed by atoms with Crippen LogP contribution in [0.15, 0.2) is 121 Å². The Labute approximate surface area is 178 Å². The van der Waals surface area contributed by atoms with Crippen LogP contribution in [0.1, 0.15) is 0 Å². The fraction of sp³-hybridized carbons (Fsp3) is 0.0769. The minimum absolute atomic E-state index is 0.458. The van der Waals surface area contributed by atoms with Crippen molar-refractivity contribution in [2.75, 3.05) is 0 Å². The molecule has 4 aromatic carbocycles. The molecular formula is C26H26NiP2. The van der Waals surface area contributed by atoms with E-state index in [1.54, 1.807) is 0 Å². The SMILES string of the molecule is [CH3][Ni]([CH3])([P](c1ccccc1)c1ccccc1)[P](c1ccccc1)c1ccccc1. The standard InChI is InChI=1S/2C12H10P.2CH3.Ni/c2*1-3-7-11(8-4-1)13-12-9-5-2-6-10-12;;;/h2*1-10H;2*1H3;/q2*-1;;;+2. The summed E-state index contributed by atoms with van der Waals surface area (Å²) >= 11 is -1.19. The van der Waals surface area contributed by atoms with Crippen LogP contribution in [-0.4, -0.2) is 0 Å². The maximum atomic E-state index is 2.57. The first-order valence-corrected chi connectivity index (χ1v) is 16.4. The zero-order chi connectivity index (χ0) is 20.1. The van der Waals surface area contributed by atoms with Gasteiger partial charge in [0.2, 0.25) is 0 Å². The van der Waals surface area contributed by atoms with Gasteiger partial charge < -0.3 is 0 Å². The quantitative estimate of drug-likeness (QED) is 0.234. The molecule has 0 aliphatic rings. The van der Waals surface area contributed by atoms with Gasteiger partial charge in [-0.3, -0.25) is 0 Å². The molecule has 0 N–H and O–H groups in total. The molecule has 0 heterocycles. The number of hydrogen-bond acceptors (Lipinski definition) is 0. The molecule has 0 saturated carbocycles. The van der Waals surface area contributed by atoms with E-state index < -0.39 is 24.9 Å². The van der Waals surface area contributed by atoms with Crippen molar-refractivity contribution in [1.29, 1.82) is 0 Å². The monoisotopic (exact) mass is 458 g/mol. The fourth-order valence-electron chi connectivity index (χ4n) is 3.36. The molecule has 0 amide bonds. The first kappa shape index (κ1) is 20.5. The molecule has 3 heteroatoms. The number of hydrogen-bond donors (Lipinski definition) is 0. The van der Waals surface area contributed by atoms with E-state index in [4.69, 9.17) is 0 Å². The molecule has 0 aliphatic carbocycles. The van der Waals surface area contributed by atoms with Crippen LogP contribution < -0.4 is 21.2 Å². The molecule has 0 fully saturated rings. The second-order valence-electron chi connectivity index (χ2n) is 6.79. The molecular weight excluding hydrogens is 433 g/mol. The van der Waals surface area contributed by atoms with Gasteiger partial charge >= 0.3 is 179 Å². The predicted octanol–water partition coefficient (Wildman–Crippen LogP) is 6.33. The summed E-state index contributed by atoms with van der Waals surface area (Å²) in [5, 5.41) is 5.94. The van der Waals surface area contributed by atoms with Crippen LogP contribution in [0.4, 0.5) is 0 Å². The summed E-state index contributed by atoms with van der Waals surface area (Å²) in [5.41, 5.74) is 0. The van der Waals surface area contributed by atoms with Crippen molar-refractivity contribution in [3.05, 3.63) is 121 Å². The summed E-state index contributed by atoms with van der Waals surface area (Å²) in [6, 6.07) is 44.7. The third kappa shape index (κ3) is 4.54. The Morgan fingerprint density at radius 3 is 0.793 bits per heavy atom. The van der Waals surface area contributed by atoms with Crippen LogP contribution in [0.5, 0.6) is 0 Å². The molecule has 0 aliphatic heterocycles. The van der Waals surface area contributed by atoms with Crippen LogP contribution in [0.3, 0.4) is 0 Å². The predicted molar refractivity (Wildman–Crippen MR) is 130 cm³/mol. The van der Waals surface area contributed by atoms with E-state index >= 15 is 0 Å². The van der Waals surface area contributed by atoms with Crippen molar-refractivity contribution < 1.29 is 11.5 Å². The molecule has 4 rings (SSSR count). The van der Waals surface area contributed by atoms with E-state index in [1.165, 1.54) is 21.2 Å². The van der Waals surface area contributed by atoms with Crippen molar-refractivity contribution >= 4 is 34.6 Å². The van der Waals surface area contributed by atoms with Gasteiger partial charge in [0.25, 0.3) is 0 Å². The van der Waals surface area contributed by atoms with Crippen molar-refractivity contribution in [1.82, 2.24) is 0 Å².